The van der Waals surface area contributed by atoms with E-state index < -0.39 is 11.6 Å². The molecule has 1 aliphatic carbocycles. The van der Waals surface area contributed by atoms with Crippen LogP contribution in [0.1, 0.15) is 56.9 Å². The molecule has 0 amide bonds. The van der Waals surface area contributed by atoms with Crippen LogP contribution in [0.25, 0.3) is 0 Å². The Hall–Kier alpha value is -1.26. The van der Waals surface area contributed by atoms with Gasteiger partial charge >= 0.3 is 0 Å². The summed E-state index contributed by atoms with van der Waals surface area (Å²) in [4.78, 5) is 0. The Morgan fingerprint density at radius 3 is 2.40 bits per heavy atom. The molecule has 1 saturated carbocycles. The van der Waals surface area contributed by atoms with Crippen LogP contribution in [0.3, 0.4) is 0 Å². The van der Waals surface area contributed by atoms with Crippen molar-refractivity contribution in [3.8, 4) is 0 Å². The Balaban J connectivity index is 1.46. The van der Waals surface area contributed by atoms with Gasteiger partial charge in [-0.15, -0.1) is 0 Å². The minimum Gasteiger partial charge on any atom is -0.352 e. The summed E-state index contributed by atoms with van der Waals surface area (Å²) in [5, 5.41) is 0. The van der Waals surface area contributed by atoms with Gasteiger partial charge in [0.05, 0.1) is 13.2 Å². The molecule has 1 aromatic rings. The maximum absolute atomic E-state index is 13.4. The Labute approximate surface area is 149 Å². The lowest BCUT2D eigenvalue weighted by Gasteiger charge is -2.37. The molecule has 1 aliphatic heterocycles. The van der Waals surface area contributed by atoms with Gasteiger partial charge in [-0.1, -0.05) is 31.6 Å². The number of ether oxygens (including phenoxy) is 2. The van der Waals surface area contributed by atoms with Gasteiger partial charge in [0, 0.05) is 11.8 Å². The van der Waals surface area contributed by atoms with Gasteiger partial charge < -0.3 is 9.47 Å². The van der Waals surface area contributed by atoms with Crippen LogP contribution in [-0.2, 0) is 9.47 Å². The molecular weight excluding hydrogens is 322 g/mol. The third-order valence-electron chi connectivity index (χ3n) is 5.38. The van der Waals surface area contributed by atoms with E-state index in [1.807, 2.05) is 0 Å². The van der Waals surface area contributed by atoms with Crippen molar-refractivity contribution in [3.05, 3.63) is 47.5 Å². The van der Waals surface area contributed by atoms with Crippen molar-refractivity contribution >= 4 is 0 Å². The number of unbranched alkanes of at least 4 members (excludes halogenated alkanes) is 1. The van der Waals surface area contributed by atoms with Gasteiger partial charge in [-0.3, -0.25) is 0 Å². The van der Waals surface area contributed by atoms with E-state index in [0.717, 1.165) is 57.3 Å². The molecular formula is C21H28F2O2. The fraction of sp³-hybridized carbons (Fsp3) is 0.619. The van der Waals surface area contributed by atoms with E-state index in [-0.39, 0.29) is 6.29 Å². The van der Waals surface area contributed by atoms with Gasteiger partial charge in [0.2, 0.25) is 0 Å². The average Bonchev–Trinajstić information content (AvgIpc) is 2.65. The summed E-state index contributed by atoms with van der Waals surface area (Å²) in [6.07, 6.45) is 10.5. The van der Waals surface area contributed by atoms with Crippen molar-refractivity contribution in [2.45, 2.75) is 57.7 Å². The molecule has 25 heavy (non-hydrogen) atoms. The molecule has 2 fully saturated rings. The van der Waals surface area contributed by atoms with Gasteiger partial charge in [0.25, 0.3) is 0 Å². The molecule has 0 bridgehead atoms. The monoisotopic (exact) mass is 350 g/mol. The van der Waals surface area contributed by atoms with E-state index in [4.69, 9.17) is 9.47 Å². The smallest absolute Gasteiger partial charge is 0.160 e. The Bertz CT molecular complexity index is 571. The minimum atomic E-state index is -0.774. The van der Waals surface area contributed by atoms with Gasteiger partial charge in [-0.05, 0) is 55.7 Å². The molecule has 138 valence electrons. The molecule has 1 heterocycles. The fourth-order valence-electron chi connectivity index (χ4n) is 3.86. The molecule has 4 heteroatoms. The highest BCUT2D eigenvalue weighted by Gasteiger charge is 2.32. The molecule has 2 nitrogen and oxygen atoms in total. The van der Waals surface area contributed by atoms with E-state index >= 15 is 0 Å². The summed E-state index contributed by atoms with van der Waals surface area (Å²) in [7, 11) is 0. The molecule has 0 spiro atoms. The van der Waals surface area contributed by atoms with Crippen molar-refractivity contribution in [2.75, 3.05) is 13.2 Å². The highest BCUT2D eigenvalue weighted by atomic mass is 19.2. The first-order chi connectivity index (χ1) is 12.2. The molecule has 2 aliphatic rings. The summed E-state index contributed by atoms with van der Waals surface area (Å²) in [5.74, 6) is -0.451. The summed E-state index contributed by atoms with van der Waals surface area (Å²) in [6, 6.07) is 4.29. The van der Waals surface area contributed by atoms with Crippen LogP contribution < -0.4 is 0 Å². The molecule has 0 unspecified atom stereocenters. The summed E-state index contributed by atoms with van der Waals surface area (Å²) >= 11 is 0. The van der Waals surface area contributed by atoms with E-state index in [2.05, 4.69) is 19.1 Å². The third-order valence-corrected chi connectivity index (χ3v) is 5.38. The van der Waals surface area contributed by atoms with Gasteiger partial charge in [0.15, 0.2) is 17.9 Å². The fourth-order valence-corrected chi connectivity index (χ4v) is 3.86. The largest absolute Gasteiger partial charge is 0.352 e. The maximum atomic E-state index is 13.4. The van der Waals surface area contributed by atoms with Crippen LogP contribution in [-0.4, -0.2) is 19.5 Å². The summed E-state index contributed by atoms with van der Waals surface area (Å²) in [6.45, 7) is 3.63. The summed E-state index contributed by atoms with van der Waals surface area (Å²) < 4.78 is 38.4. The van der Waals surface area contributed by atoms with E-state index in [0.29, 0.717) is 17.8 Å². The predicted molar refractivity (Wildman–Crippen MR) is 94.3 cm³/mol. The minimum absolute atomic E-state index is 0.110. The summed E-state index contributed by atoms with van der Waals surface area (Å²) in [5.41, 5.74) is 0.906. The van der Waals surface area contributed by atoms with Crippen molar-refractivity contribution in [1.29, 1.82) is 0 Å². The predicted octanol–water partition coefficient (Wildman–Crippen LogP) is 5.58. The second kappa shape index (κ2) is 8.91. The maximum Gasteiger partial charge on any atom is 0.160 e. The van der Waals surface area contributed by atoms with Crippen LogP contribution in [0.2, 0.25) is 0 Å². The molecule has 0 radical (unpaired) electrons. The normalized spacial score (nSPS) is 30.7. The lowest BCUT2D eigenvalue weighted by molar-refractivity contribution is -0.222. The van der Waals surface area contributed by atoms with Crippen molar-refractivity contribution in [3.63, 3.8) is 0 Å². The quantitative estimate of drug-likeness (QED) is 0.645. The van der Waals surface area contributed by atoms with Crippen molar-refractivity contribution < 1.29 is 18.3 Å². The van der Waals surface area contributed by atoms with E-state index in [1.54, 1.807) is 6.07 Å². The first-order valence-corrected chi connectivity index (χ1v) is 9.52. The lowest BCUT2D eigenvalue weighted by atomic mass is 9.78. The molecule has 0 aromatic heterocycles. The van der Waals surface area contributed by atoms with Gasteiger partial charge in [-0.25, -0.2) is 8.78 Å². The zero-order chi connectivity index (χ0) is 17.6. The molecule has 0 atom stereocenters. The van der Waals surface area contributed by atoms with Crippen molar-refractivity contribution in [1.82, 2.24) is 0 Å². The third kappa shape index (κ3) is 4.89. The number of hydrogen-bond donors (Lipinski definition) is 0. The van der Waals surface area contributed by atoms with Crippen molar-refractivity contribution in [2.24, 2.45) is 11.8 Å². The highest BCUT2D eigenvalue weighted by molar-refractivity contribution is 5.22. The molecule has 0 N–H and O–H groups in total. The average molecular weight is 350 g/mol. The standard InChI is InChI=1S/C21H28F2O2/c1-2-3-4-5-15-13-24-21(25-14-15)17-8-6-16(7-9-17)18-10-11-19(22)20(23)12-18/h4-5,10-12,15-17,21H,2-3,6-9,13-14H2,1H3. The lowest BCUT2D eigenvalue weighted by Crippen LogP contribution is -2.37. The van der Waals surface area contributed by atoms with Crippen LogP contribution in [0, 0.1) is 23.5 Å². The van der Waals surface area contributed by atoms with Gasteiger partial charge in [0.1, 0.15) is 0 Å². The van der Waals surface area contributed by atoms with Crippen LogP contribution in [0.4, 0.5) is 8.78 Å². The Morgan fingerprint density at radius 2 is 1.76 bits per heavy atom. The number of hydrogen-bond acceptors (Lipinski definition) is 2. The molecule has 1 aromatic carbocycles. The van der Waals surface area contributed by atoms with E-state index in [1.165, 1.54) is 12.1 Å². The van der Waals surface area contributed by atoms with Crippen LogP contribution in [0.15, 0.2) is 30.4 Å². The zero-order valence-electron chi connectivity index (χ0n) is 14.9. The second-order valence-corrected chi connectivity index (χ2v) is 7.30. The molecule has 1 saturated heterocycles. The Morgan fingerprint density at radius 1 is 1.04 bits per heavy atom. The zero-order valence-corrected chi connectivity index (χ0v) is 14.9. The first-order valence-electron chi connectivity index (χ1n) is 9.52. The topological polar surface area (TPSA) is 18.5 Å². The Kier molecular flexibility index (Phi) is 6.60. The number of benzene rings is 1. The number of allylic oxidation sites excluding steroid dienone is 1. The van der Waals surface area contributed by atoms with Crippen LogP contribution >= 0.6 is 0 Å². The number of halogens is 2. The van der Waals surface area contributed by atoms with Crippen LogP contribution in [0.5, 0.6) is 0 Å². The number of rotatable bonds is 5. The van der Waals surface area contributed by atoms with Gasteiger partial charge in [-0.2, -0.15) is 0 Å². The van der Waals surface area contributed by atoms with E-state index in [9.17, 15) is 8.78 Å². The molecule has 3 rings (SSSR count). The second-order valence-electron chi connectivity index (χ2n) is 7.30. The SMILES string of the molecule is CCCC=CC1COC(C2CCC(c3ccc(F)c(F)c3)CC2)OC1. The first kappa shape index (κ1) is 18.5. The highest BCUT2D eigenvalue weighted by Crippen LogP contribution is 2.39.